The molecule has 1 heterocycles. The van der Waals surface area contributed by atoms with E-state index in [1.165, 1.54) is 0 Å². The Kier molecular flexibility index (Phi) is 5.83. The molecule has 0 saturated carbocycles. The van der Waals surface area contributed by atoms with Crippen LogP contribution in [0.15, 0.2) is 24.3 Å². The van der Waals surface area contributed by atoms with Gasteiger partial charge in [0.15, 0.2) is 0 Å². The fraction of sp³-hybridized carbons (Fsp3) is 0.533. The van der Waals surface area contributed by atoms with Crippen LogP contribution in [-0.2, 0) is 0 Å². The fourth-order valence-corrected chi connectivity index (χ4v) is 2.52. The molecule has 1 saturated heterocycles. The van der Waals surface area contributed by atoms with Crippen molar-refractivity contribution in [1.82, 2.24) is 10.2 Å². The lowest BCUT2D eigenvalue weighted by atomic mass is 9.96. The monoisotopic (exact) mass is 282 g/mol. The molecule has 1 aliphatic rings. The van der Waals surface area contributed by atoms with Crippen molar-refractivity contribution >= 4 is 18.3 Å². The molecule has 0 aromatic heterocycles. The molecule has 1 aliphatic heterocycles. The maximum atomic E-state index is 12.6. The van der Waals surface area contributed by atoms with Gasteiger partial charge in [-0.15, -0.1) is 12.4 Å². The number of rotatable bonds is 3. The van der Waals surface area contributed by atoms with E-state index in [1.807, 2.05) is 30.1 Å². The summed E-state index contributed by atoms with van der Waals surface area (Å²) in [7, 11) is 1.91. The molecule has 1 aromatic carbocycles. The minimum absolute atomic E-state index is 0. The molecular weight excluding hydrogens is 260 g/mol. The van der Waals surface area contributed by atoms with Gasteiger partial charge in [0.05, 0.1) is 0 Å². The van der Waals surface area contributed by atoms with Gasteiger partial charge in [-0.25, -0.2) is 0 Å². The first kappa shape index (κ1) is 16.0. The molecule has 1 N–H and O–H groups in total. The molecule has 0 spiro atoms. The Morgan fingerprint density at radius 2 is 2.05 bits per heavy atom. The van der Waals surface area contributed by atoms with Crippen LogP contribution in [0.3, 0.4) is 0 Å². The van der Waals surface area contributed by atoms with Gasteiger partial charge in [0.25, 0.3) is 5.91 Å². The van der Waals surface area contributed by atoms with E-state index >= 15 is 0 Å². The van der Waals surface area contributed by atoms with Crippen molar-refractivity contribution in [2.24, 2.45) is 0 Å². The van der Waals surface area contributed by atoms with Crippen molar-refractivity contribution in [1.29, 1.82) is 0 Å². The second kappa shape index (κ2) is 6.92. The highest BCUT2D eigenvalue weighted by molar-refractivity contribution is 5.96. The summed E-state index contributed by atoms with van der Waals surface area (Å²) in [5.74, 6) is 0.522. The van der Waals surface area contributed by atoms with Crippen LogP contribution in [0.25, 0.3) is 0 Å². The van der Waals surface area contributed by atoms with Crippen LogP contribution in [0.4, 0.5) is 0 Å². The minimum Gasteiger partial charge on any atom is -0.337 e. The molecule has 2 rings (SSSR count). The van der Waals surface area contributed by atoms with Gasteiger partial charge in [0.2, 0.25) is 0 Å². The highest BCUT2D eigenvalue weighted by Crippen LogP contribution is 2.21. The lowest BCUT2D eigenvalue weighted by Gasteiger charge is -2.25. The fourth-order valence-electron chi connectivity index (χ4n) is 2.52. The normalized spacial score (nSPS) is 18.2. The Labute approximate surface area is 121 Å². The van der Waals surface area contributed by atoms with E-state index in [1.54, 1.807) is 0 Å². The number of benzene rings is 1. The number of carbonyl (C=O) groups is 1. The summed E-state index contributed by atoms with van der Waals surface area (Å²) in [5.41, 5.74) is 1.99. The SMILES string of the molecule is CC(C)c1ccccc1C(=O)N(C)C1CCNC1.Cl. The van der Waals surface area contributed by atoms with E-state index in [-0.39, 0.29) is 18.3 Å². The Bertz CT molecular complexity index is 428. The molecule has 0 radical (unpaired) electrons. The predicted octanol–water partition coefficient (Wildman–Crippen LogP) is 2.67. The lowest BCUT2D eigenvalue weighted by Crippen LogP contribution is -2.38. The van der Waals surface area contributed by atoms with Crippen LogP contribution >= 0.6 is 12.4 Å². The van der Waals surface area contributed by atoms with Gasteiger partial charge in [-0.05, 0) is 30.5 Å². The molecule has 1 unspecified atom stereocenters. The molecule has 19 heavy (non-hydrogen) atoms. The average molecular weight is 283 g/mol. The van der Waals surface area contributed by atoms with Crippen LogP contribution in [0.1, 0.15) is 42.1 Å². The Morgan fingerprint density at radius 3 is 2.63 bits per heavy atom. The molecule has 106 valence electrons. The molecule has 3 nitrogen and oxygen atoms in total. The van der Waals surface area contributed by atoms with Gasteiger partial charge in [-0.2, -0.15) is 0 Å². The number of likely N-dealkylation sites (N-methyl/N-ethyl adjacent to an activating group) is 1. The van der Waals surface area contributed by atoms with E-state index < -0.39 is 0 Å². The van der Waals surface area contributed by atoms with E-state index in [4.69, 9.17) is 0 Å². The number of nitrogens with one attached hydrogen (secondary N) is 1. The van der Waals surface area contributed by atoms with Gasteiger partial charge in [-0.3, -0.25) is 4.79 Å². The van der Waals surface area contributed by atoms with Crippen LogP contribution in [-0.4, -0.2) is 37.0 Å². The number of amides is 1. The summed E-state index contributed by atoms with van der Waals surface area (Å²) >= 11 is 0. The summed E-state index contributed by atoms with van der Waals surface area (Å²) < 4.78 is 0. The largest absolute Gasteiger partial charge is 0.337 e. The predicted molar refractivity (Wildman–Crippen MR) is 81.1 cm³/mol. The third kappa shape index (κ3) is 3.48. The van der Waals surface area contributed by atoms with Gasteiger partial charge in [-0.1, -0.05) is 32.0 Å². The van der Waals surface area contributed by atoms with Gasteiger partial charge >= 0.3 is 0 Å². The zero-order chi connectivity index (χ0) is 13.1. The molecule has 0 bridgehead atoms. The van der Waals surface area contributed by atoms with Gasteiger partial charge in [0.1, 0.15) is 0 Å². The van der Waals surface area contributed by atoms with E-state index in [0.717, 1.165) is 30.6 Å². The van der Waals surface area contributed by atoms with Crippen LogP contribution in [0.2, 0.25) is 0 Å². The van der Waals surface area contributed by atoms with Crippen molar-refractivity contribution < 1.29 is 4.79 Å². The summed E-state index contributed by atoms with van der Waals surface area (Å²) in [5, 5.41) is 3.30. The topological polar surface area (TPSA) is 32.3 Å². The zero-order valence-electron chi connectivity index (χ0n) is 11.8. The lowest BCUT2D eigenvalue weighted by molar-refractivity contribution is 0.0742. The molecule has 1 atom stereocenters. The summed E-state index contributed by atoms with van der Waals surface area (Å²) in [6, 6.07) is 8.27. The second-order valence-corrected chi connectivity index (χ2v) is 5.30. The molecule has 4 heteroatoms. The van der Waals surface area contributed by atoms with Crippen molar-refractivity contribution in [3.63, 3.8) is 0 Å². The maximum absolute atomic E-state index is 12.6. The minimum atomic E-state index is 0. The smallest absolute Gasteiger partial charge is 0.254 e. The van der Waals surface area contributed by atoms with Crippen molar-refractivity contribution in [2.45, 2.75) is 32.2 Å². The third-order valence-electron chi connectivity index (χ3n) is 3.72. The first-order valence-electron chi connectivity index (χ1n) is 6.68. The highest BCUT2D eigenvalue weighted by atomic mass is 35.5. The van der Waals surface area contributed by atoms with Crippen molar-refractivity contribution in [2.75, 3.05) is 20.1 Å². The third-order valence-corrected chi connectivity index (χ3v) is 3.72. The standard InChI is InChI=1S/C15H22N2O.ClH/c1-11(2)13-6-4-5-7-14(13)15(18)17(3)12-8-9-16-10-12;/h4-7,11-12,16H,8-10H2,1-3H3;1H. The summed E-state index contributed by atoms with van der Waals surface area (Å²) in [6.45, 7) is 6.17. The second-order valence-electron chi connectivity index (χ2n) is 5.30. The van der Waals surface area contributed by atoms with Gasteiger partial charge in [0, 0.05) is 25.2 Å². The summed E-state index contributed by atoms with van der Waals surface area (Å²) in [4.78, 5) is 14.4. The number of nitrogens with zero attached hydrogens (tertiary/aromatic N) is 1. The molecule has 1 amide bonds. The molecule has 0 aliphatic carbocycles. The van der Waals surface area contributed by atoms with Crippen molar-refractivity contribution in [3.8, 4) is 0 Å². The first-order chi connectivity index (χ1) is 8.61. The van der Waals surface area contributed by atoms with E-state index in [2.05, 4.69) is 25.2 Å². The molecule has 1 fully saturated rings. The van der Waals surface area contributed by atoms with E-state index in [0.29, 0.717) is 12.0 Å². The van der Waals surface area contributed by atoms with Crippen LogP contribution < -0.4 is 5.32 Å². The Hall–Kier alpha value is -1.06. The Morgan fingerprint density at radius 1 is 1.37 bits per heavy atom. The number of halogens is 1. The highest BCUT2D eigenvalue weighted by Gasteiger charge is 2.25. The number of hydrogen-bond acceptors (Lipinski definition) is 2. The Balaban J connectivity index is 0.00000180. The molecular formula is C15H23ClN2O. The quantitative estimate of drug-likeness (QED) is 0.924. The summed E-state index contributed by atoms with van der Waals surface area (Å²) in [6.07, 6.45) is 1.05. The van der Waals surface area contributed by atoms with Crippen LogP contribution in [0, 0.1) is 0 Å². The maximum Gasteiger partial charge on any atom is 0.254 e. The zero-order valence-corrected chi connectivity index (χ0v) is 12.7. The van der Waals surface area contributed by atoms with E-state index in [9.17, 15) is 4.79 Å². The van der Waals surface area contributed by atoms with Crippen molar-refractivity contribution in [3.05, 3.63) is 35.4 Å². The average Bonchev–Trinajstić information content (AvgIpc) is 2.90. The van der Waals surface area contributed by atoms with Crippen LogP contribution in [0.5, 0.6) is 0 Å². The molecule has 1 aromatic rings. The first-order valence-corrected chi connectivity index (χ1v) is 6.68. The number of carbonyl (C=O) groups excluding carboxylic acids is 1. The number of hydrogen-bond donors (Lipinski definition) is 1. The van der Waals surface area contributed by atoms with Gasteiger partial charge < -0.3 is 10.2 Å².